The second-order valence-electron chi connectivity index (χ2n) is 9.75. The molecule has 194 valence electrons. The normalized spacial score (nSPS) is 19.2. The van der Waals surface area contributed by atoms with Crippen LogP contribution in [0.1, 0.15) is 46.8 Å². The van der Waals surface area contributed by atoms with Gasteiger partial charge in [-0.1, -0.05) is 6.07 Å². The first-order valence-corrected chi connectivity index (χ1v) is 12.6. The molecule has 0 bridgehead atoms. The molecule has 9 heteroatoms. The fourth-order valence-corrected chi connectivity index (χ4v) is 5.60. The van der Waals surface area contributed by atoms with E-state index >= 15 is 4.39 Å². The highest BCUT2D eigenvalue weighted by molar-refractivity contribution is 5.76. The summed E-state index contributed by atoms with van der Waals surface area (Å²) in [6.07, 6.45) is 10.1. The lowest BCUT2D eigenvalue weighted by molar-refractivity contribution is 0.111. The van der Waals surface area contributed by atoms with Gasteiger partial charge in [0, 0.05) is 30.4 Å². The van der Waals surface area contributed by atoms with Crippen LogP contribution in [0.15, 0.2) is 61.2 Å². The number of benzene rings is 1. The number of anilines is 1. The monoisotopic (exact) mass is 514 g/mol. The Bertz CT molecular complexity index is 1450. The summed E-state index contributed by atoms with van der Waals surface area (Å²) in [7, 11) is 1.87. The number of rotatable bonds is 7. The average Bonchev–Trinajstić information content (AvgIpc) is 2.93. The molecule has 1 aliphatic carbocycles. The number of nitrogens with zero attached hydrogens (tertiary/aromatic N) is 4. The second kappa shape index (κ2) is 11.1. The maximum absolute atomic E-state index is 15.8. The van der Waals surface area contributed by atoms with Crippen LogP contribution in [0.3, 0.4) is 0 Å². The SMILES string of the molecule is CNc1cnccc1C1CC(N)CC(Cc2cc(-c3ccnnc3)cc(F)c2-c2nc(C=O)ccc2F)C1. The summed E-state index contributed by atoms with van der Waals surface area (Å²) in [5, 5.41) is 10.9. The lowest BCUT2D eigenvalue weighted by Gasteiger charge is -2.34. The molecule has 0 amide bonds. The van der Waals surface area contributed by atoms with Crippen LogP contribution in [0.4, 0.5) is 14.5 Å². The summed E-state index contributed by atoms with van der Waals surface area (Å²) in [5.74, 6) is -0.999. The zero-order chi connectivity index (χ0) is 26.6. The Hall–Kier alpha value is -4.11. The van der Waals surface area contributed by atoms with Gasteiger partial charge >= 0.3 is 0 Å². The molecule has 1 aromatic carbocycles. The van der Waals surface area contributed by atoms with Gasteiger partial charge < -0.3 is 11.1 Å². The van der Waals surface area contributed by atoms with Crippen LogP contribution in [0.5, 0.6) is 0 Å². The van der Waals surface area contributed by atoms with Crippen molar-refractivity contribution in [1.29, 1.82) is 0 Å². The van der Waals surface area contributed by atoms with Crippen molar-refractivity contribution in [3.63, 3.8) is 0 Å². The highest BCUT2D eigenvalue weighted by Crippen LogP contribution is 2.41. The zero-order valence-electron chi connectivity index (χ0n) is 20.9. The number of halogens is 2. The fourth-order valence-electron chi connectivity index (χ4n) is 5.60. The lowest BCUT2D eigenvalue weighted by atomic mass is 9.73. The Balaban J connectivity index is 1.57. The van der Waals surface area contributed by atoms with Gasteiger partial charge in [0.25, 0.3) is 0 Å². The summed E-state index contributed by atoms with van der Waals surface area (Å²) in [5.41, 5.74) is 10.5. The summed E-state index contributed by atoms with van der Waals surface area (Å²) < 4.78 is 30.8. The smallest absolute Gasteiger partial charge is 0.168 e. The predicted molar refractivity (Wildman–Crippen MR) is 142 cm³/mol. The van der Waals surface area contributed by atoms with Crippen molar-refractivity contribution in [2.45, 2.75) is 37.6 Å². The Morgan fingerprint density at radius 1 is 1.00 bits per heavy atom. The van der Waals surface area contributed by atoms with Gasteiger partial charge in [0.2, 0.25) is 0 Å². The van der Waals surface area contributed by atoms with Crippen LogP contribution in [0, 0.1) is 17.6 Å². The molecule has 0 aliphatic heterocycles. The van der Waals surface area contributed by atoms with Crippen molar-refractivity contribution in [3.05, 3.63) is 89.6 Å². The van der Waals surface area contributed by atoms with Gasteiger partial charge in [0.1, 0.15) is 23.0 Å². The van der Waals surface area contributed by atoms with Gasteiger partial charge in [0.05, 0.1) is 24.3 Å². The Morgan fingerprint density at radius 2 is 1.87 bits per heavy atom. The maximum Gasteiger partial charge on any atom is 0.168 e. The van der Waals surface area contributed by atoms with E-state index in [0.717, 1.165) is 36.6 Å². The third-order valence-electron chi connectivity index (χ3n) is 7.23. The van der Waals surface area contributed by atoms with Gasteiger partial charge in [0.15, 0.2) is 6.29 Å². The van der Waals surface area contributed by atoms with Crippen molar-refractivity contribution in [2.75, 3.05) is 12.4 Å². The van der Waals surface area contributed by atoms with Crippen LogP contribution in [-0.4, -0.2) is 39.5 Å². The minimum absolute atomic E-state index is 0.0335. The third-order valence-corrected chi connectivity index (χ3v) is 7.23. The van der Waals surface area contributed by atoms with Crippen molar-refractivity contribution in [3.8, 4) is 22.4 Å². The highest BCUT2D eigenvalue weighted by Gasteiger charge is 2.31. The van der Waals surface area contributed by atoms with E-state index in [1.54, 1.807) is 24.7 Å². The van der Waals surface area contributed by atoms with Crippen LogP contribution < -0.4 is 11.1 Å². The van der Waals surface area contributed by atoms with Crippen LogP contribution in [0.2, 0.25) is 0 Å². The summed E-state index contributed by atoms with van der Waals surface area (Å²) in [6, 6.07) is 9.33. The summed E-state index contributed by atoms with van der Waals surface area (Å²) >= 11 is 0. The molecule has 3 unspecified atom stereocenters. The van der Waals surface area contributed by atoms with Crippen LogP contribution in [-0.2, 0) is 6.42 Å². The van der Waals surface area contributed by atoms with Gasteiger partial charge in [-0.05, 0) is 84.5 Å². The molecule has 1 aliphatic rings. The molecular formula is C29H28F2N6O. The first kappa shape index (κ1) is 25.5. The zero-order valence-corrected chi connectivity index (χ0v) is 20.9. The van der Waals surface area contributed by atoms with Crippen molar-refractivity contribution in [2.24, 2.45) is 11.7 Å². The number of nitrogens with one attached hydrogen (secondary N) is 1. The molecule has 1 fully saturated rings. The predicted octanol–water partition coefficient (Wildman–Crippen LogP) is 5.19. The number of pyridine rings is 2. The molecule has 3 N–H and O–H groups in total. The molecule has 1 saturated carbocycles. The van der Waals surface area contributed by atoms with E-state index in [4.69, 9.17) is 5.73 Å². The fraction of sp³-hybridized carbons (Fsp3) is 0.276. The quantitative estimate of drug-likeness (QED) is 0.327. The van der Waals surface area contributed by atoms with E-state index in [9.17, 15) is 9.18 Å². The second-order valence-corrected chi connectivity index (χ2v) is 9.75. The van der Waals surface area contributed by atoms with Crippen molar-refractivity contribution < 1.29 is 13.6 Å². The first-order chi connectivity index (χ1) is 18.5. The maximum atomic E-state index is 15.8. The molecule has 0 radical (unpaired) electrons. The van der Waals surface area contributed by atoms with Gasteiger partial charge in [-0.2, -0.15) is 10.2 Å². The molecule has 38 heavy (non-hydrogen) atoms. The molecule has 7 nitrogen and oxygen atoms in total. The summed E-state index contributed by atoms with van der Waals surface area (Å²) in [6.45, 7) is 0. The van der Waals surface area contributed by atoms with E-state index < -0.39 is 11.6 Å². The largest absolute Gasteiger partial charge is 0.387 e. The number of hydrogen-bond acceptors (Lipinski definition) is 7. The number of aromatic nitrogens is 4. The van der Waals surface area contributed by atoms with E-state index in [-0.39, 0.29) is 34.8 Å². The van der Waals surface area contributed by atoms with Crippen LogP contribution in [0.25, 0.3) is 22.4 Å². The number of nitrogens with two attached hydrogens (primary N) is 1. The number of aldehydes is 1. The first-order valence-electron chi connectivity index (χ1n) is 12.6. The van der Waals surface area contributed by atoms with E-state index in [0.29, 0.717) is 29.4 Å². The Labute approximate surface area is 219 Å². The summed E-state index contributed by atoms with van der Waals surface area (Å²) in [4.78, 5) is 19.7. The molecule has 0 saturated heterocycles. The van der Waals surface area contributed by atoms with Crippen molar-refractivity contribution in [1.82, 2.24) is 20.2 Å². The van der Waals surface area contributed by atoms with Gasteiger partial charge in [-0.15, -0.1) is 0 Å². The molecule has 3 atom stereocenters. The molecule has 5 rings (SSSR count). The van der Waals surface area contributed by atoms with Crippen molar-refractivity contribution >= 4 is 12.0 Å². The third kappa shape index (κ3) is 5.28. The van der Waals surface area contributed by atoms with Gasteiger partial charge in [-0.25, -0.2) is 13.8 Å². The van der Waals surface area contributed by atoms with E-state index in [1.807, 2.05) is 19.2 Å². The Morgan fingerprint density at radius 3 is 2.63 bits per heavy atom. The highest BCUT2D eigenvalue weighted by atomic mass is 19.1. The standard InChI is InChI=1S/C29H28F2N6O/c1-33-27-15-34-6-5-24(27)20-8-17(10-22(32)12-20)9-21-11-19(18-4-7-35-36-14-18)13-26(31)28(21)29-25(30)3-2-23(16-38)37-29/h2-7,11,13-17,20,22,33H,8-10,12,32H2,1H3. The molecule has 3 aromatic heterocycles. The van der Waals surface area contributed by atoms with Crippen LogP contribution >= 0.6 is 0 Å². The molecule has 4 aromatic rings. The van der Waals surface area contributed by atoms with Gasteiger partial charge in [-0.3, -0.25) is 9.78 Å². The number of carbonyl (C=O) groups is 1. The number of hydrogen-bond donors (Lipinski definition) is 2. The Kier molecular flexibility index (Phi) is 7.46. The van der Waals surface area contributed by atoms with E-state index in [1.165, 1.54) is 18.3 Å². The number of carbonyl (C=O) groups excluding carboxylic acids is 1. The molecule has 3 heterocycles. The topological polar surface area (TPSA) is 107 Å². The molecular weight excluding hydrogens is 486 g/mol. The minimum Gasteiger partial charge on any atom is -0.387 e. The lowest BCUT2D eigenvalue weighted by Crippen LogP contribution is -2.33. The molecule has 0 spiro atoms. The average molecular weight is 515 g/mol. The minimum atomic E-state index is -0.692. The van der Waals surface area contributed by atoms with E-state index in [2.05, 4.69) is 25.5 Å².